The van der Waals surface area contributed by atoms with Crippen molar-refractivity contribution in [2.45, 2.75) is 52.7 Å². The van der Waals surface area contributed by atoms with E-state index in [0.29, 0.717) is 0 Å². The van der Waals surface area contributed by atoms with Crippen molar-refractivity contribution in [3.05, 3.63) is 18.5 Å². The summed E-state index contributed by atoms with van der Waals surface area (Å²) < 4.78 is 7.38. The zero-order valence-corrected chi connectivity index (χ0v) is 19.1. The number of nitrogens with zero attached hydrogens (tertiary/aromatic N) is 5. The molecule has 0 atom stereocenters. The minimum Gasteiger partial charge on any atom is -0.444 e. The summed E-state index contributed by atoms with van der Waals surface area (Å²) >= 11 is 0. The third-order valence-electron chi connectivity index (χ3n) is 4.69. The molecule has 0 spiro atoms. The van der Waals surface area contributed by atoms with E-state index < -0.39 is 5.60 Å². The maximum atomic E-state index is 12.1. The highest BCUT2D eigenvalue weighted by molar-refractivity contribution is 5.79. The Morgan fingerprint density at radius 1 is 1.13 bits per heavy atom. The number of carbonyl (C=O) groups is 1. The Hall–Kier alpha value is -2.29. The zero-order chi connectivity index (χ0) is 21.8. The molecule has 170 valence electrons. The molecule has 1 saturated heterocycles. The summed E-state index contributed by atoms with van der Waals surface area (Å²) in [6.07, 6.45) is 5.56. The predicted molar refractivity (Wildman–Crippen MR) is 120 cm³/mol. The molecular formula is C21H39N7O2. The maximum Gasteiger partial charge on any atom is 0.410 e. The molecule has 0 radical (unpaired) electrons. The van der Waals surface area contributed by atoms with Crippen molar-refractivity contribution in [2.24, 2.45) is 4.99 Å². The zero-order valence-electron chi connectivity index (χ0n) is 19.1. The number of carbonyl (C=O) groups excluding carboxylic acids is 1. The smallest absolute Gasteiger partial charge is 0.410 e. The molecule has 1 aliphatic rings. The van der Waals surface area contributed by atoms with Crippen LogP contribution in [0.4, 0.5) is 4.79 Å². The Morgan fingerprint density at radius 3 is 2.53 bits per heavy atom. The van der Waals surface area contributed by atoms with Gasteiger partial charge in [0.1, 0.15) is 5.60 Å². The highest BCUT2D eigenvalue weighted by Gasteiger charge is 2.25. The molecule has 2 N–H and O–H groups in total. The highest BCUT2D eigenvalue weighted by Crippen LogP contribution is 2.11. The van der Waals surface area contributed by atoms with Gasteiger partial charge in [-0.2, -0.15) is 5.10 Å². The lowest BCUT2D eigenvalue weighted by Crippen LogP contribution is -2.50. The minimum absolute atomic E-state index is 0.206. The van der Waals surface area contributed by atoms with Crippen LogP contribution >= 0.6 is 0 Å². The van der Waals surface area contributed by atoms with Crippen molar-refractivity contribution in [3.8, 4) is 0 Å². The number of guanidine groups is 1. The van der Waals surface area contributed by atoms with Crippen LogP contribution in [0.2, 0.25) is 0 Å². The van der Waals surface area contributed by atoms with Gasteiger partial charge in [-0.1, -0.05) is 0 Å². The first kappa shape index (κ1) is 24.0. The second-order valence-electron chi connectivity index (χ2n) is 8.47. The molecule has 0 bridgehead atoms. The van der Waals surface area contributed by atoms with Gasteiger partial charge >= 0.3 is 6.09 Å². The van der Waals surface area contributed by atoms with Crippen molar-refractivity contribution in [1.29, 1.82) is 0 Å². The average molecular weight is 422 g/mol. The molecule has 1 amide bonds. The summed E-state index contributed by atoms with van der Waals surface area (Å²) in [6, 6.07) is 1.94. The third kappa shape index (κ3) is 9.47. The molecule has 1 aromatic rings. The van der Waals surface area contributed by atoms with E-state index >= 15 is 0 Å². The number of aliphatic imine (C=N–C) groups is 1. The van der Waals surface area contributed by atoms with E-state index in [0.717, 1.165) is 77.7 Å². The number of rotatable bonds is 9. The quantitative estimate of drug-likeness (QED) is 0.359. The van der Waals surface area contributed by atoms with E-state index in [1.54, 1.807) is 11.1 Å². The SMILES string of the molecule is CCNC(=NCCCn1cccn1)NCCCN1CCN(C(=O)OC(C)(C)C)CC1. The number of nitrogens with one attached hydrogen (secondary N) is 2. The van der Waals surface area contributed by atoms with E-state index in [1.807, 2.05) is 37.7 Å². The van der Waals surface area contributed by atoms with Crippen LogP contribution in [0, 0.1) is 0 Å². The van der Waals surface area contributed by atoms with Crippen molar-refractivity contribution >= 4 is 12.1 Å². The van der Waals surface area contributed by atoms with E-state index in [-0.39, 0.29) is 6.09 Å². The molecule has 0 unspecified atom stereocenters. The summed E-state index contributed by atoms with van der Waals surface area (Å²) in [5.74, 6) is 0.868. The molecule has 1 aromatic heterocycles. The molecule has 0 aromatic carbocycles. The van der Waals surface area contributed by atoms with E-state index in [2.05, 4.69) is 32.5 Å². The normalized spacial score (nSPS) is 15.9. The van der Waals surface area contributed by atoms with Gasteiger partial charge in [0.05, 0.1) is 0 Å². The second-order valence-corrected chi connectivity index (χ2v) is 8.47. The van der Waals surface area contributed by atoms with Crippen LogP contribution in [0.5, 0.6) is 0 Å². The summed E-state index contributed by atoms with van der Waals surface area (Å²) in [4.78, 5) is 21.0. The number of hydrogen-bond acceptors (Lipinski definition) is 5. The molecule has 2 rings (SSSR count). The molecular weight excluding hydrogens is 382 g/mol. The van der Waals surface area contributed by atoms with E-state index in [1.165, 1.54) is 0 Å². The lowest BCUT2D eigenvalue weighted by molar-refractivity contribution is 0.0145. The van der Waals surface area contributed by atoms with Crippen molar-refractivity contribution < 1.29 is 9.53 Å². The van der Waals surface area contributed by atoms with Gasteiger partial charge in [0.2, 0.25) is 0 Å². The fourth-order valence-corrected chi connectivity index (χ4v) is 3.19. The lowest BCUT2D eigenvalue weighted by atomic mass is 10.2. The van der Waals surface area contributed by atoms with Gasteiger partial charge < -0.3 is 20.3 Å². The number of hydrogen-bond donors (Lipinski definition) is 2. The first-order valence-electron chi connectivity index (χ1n) is 11.1. The summed E-state index contributed by atoms with van der Waals surface area (Å²) in [5.41, 5.74) is -0.440. The van der Waals surface area contributed by atoms with Crippen LogP contribution < -0.4 is 10.6 Å². The van der Waals surface area contributed by atoms with Gasteiger partial charge in [0.25, 0.3) is 0 Å². The van der Waals surface area contributed by atoms with Gasteiger partial charge in [-0.25, -0.2) is 4.79 Å². The van der Waals surface area contributed by atoms with Gasteiger partial charge in [0, 0.05) is 64.8 Å². The molecule has 1 fully saturated rings. The maximum absolute atomic E-state index is 12.1. The van der Waals surface area contributed by atoms with Crippen LogP contribution in [0.15, 0.2) is 23.5 Å². The Labute approximate surface area is 180 Å². The number of aryl methyl sites for hydroxylation is 1. The van der Waals surface area contributed by atoms with Crippen molar-refractivity contribution in [2.75, 3.05) is 52.4 Å². The fraction of sp³-hybridized carbons (Fsp3) is 0.762. The van der Waals surface area contributed by atoms with E-state index in [9.17, 15) is 4.79 Å². The molecule has 0 aliphatic carbocycles. The Balaban J connectivity index is 1.59. The predicted octanol–water partition coefficient (Wildman–Crippen LogP) is 1.77. The van der Waals surface area contributed by atoms with Crippen LogP contribution in [-0.4, -0.2) is 89.6 Å². The van der Waals surface area contributed by atoms with Crippen molar-refractivity contribution in [1.82, 2.24) is 30.2 Å². The Kier molecular flexibility index (Phi) is 9.93. The van der Waals surface area contributed by atoms with Gasteiger partial charge in [0.15, 0.2) is 5.96 Å². The molecule has 2 heterocycles. The van der Waals surface area contributed by atoms with Crippen LogP contribution in [0.25, 0.3) is 0 Å². The molecule has 9 heteroatoms. The number of amides is 1. The molecule has 1 aliphatic heterocycles. The Morgan fingerprint density at radius 2 is 1.90 bits per heavy atom. The third-order valence-corrected chi connectivity index (χ3v) is 4.69. The van der Waals surface area contributed by atoms with Gasteiger partial charge in [-0.05, 0) is 53.1 Å². The number of ether oxygens (including phenoxy) is 1. The first-order valence-corrected chi connectivity index (χ1v) is 11.1. The fourth-order valence-electron chi connectivity index (χ4n) is 3.19. The van der Waals surface area contributed by atoms with Gasteiger partial charge in [-0.3, -0.25) is 14.6 Å². The summed E-state index contributed by atoms with van der Waals surface area (Å²) in [7, 11) is 0. The number of aromatic nitrogens is 2. The largest absolute Gasteiger partial charge is 0.444 e. The lowest BCUT2D eigenvalue weighted by Gasteiger charge is -2.35. The van der Waals surface area contributed by atoms with Crippen LogP contribution in [-0.2, 0) is 11.3 Å². The van der Waals surface area contributed by atoms with Crippen molar-refractivity contribution in [3.63, 3.8) is 0 Å². The first-order chi connectivity index (χ1) is 14.4. The monoisotopic (exact) mass is 421 g/mol. The summed E-state index contributed by atoms with van der Waals surface area (Å²) in [6.45, 7) is 15.4. The van der Waals surface area contributed by atoms with E-state index in [4.69, 9.17) is 4.74 Å². The molecule has 9 nitrogen and oxygen atoms in total. The average Bonchev–Trinajstić information content (AvgIpc) is 3.21. The summed E-state index contributed by atoms with van der Waals surface area (Å²) in [5, 5.41) is 10.9. The molecule has 0 saturated carbocycles. The highest BCUT2D eigenvalue weighted by atomic mass is 16.6. The topological polar surface area (TPSA) is 87.0 Å². The van der Waals surface area contributed by atoms with Gasteiger partial charge in [-0.15, -0.1) is 0 Å². The second kappa shape index (κ2) is 12.4. The minimum atomic E-state index is -0.440. The Bertz CT molecular complexity index is 632. The molecule has 30 heavy (non-hydrogen) atoms. The van der Waals surface area contributed by atoms with Crippen LogP contribution in [0.3, 0.4) is 0 Å². The van der Waals surface area contributed by atoms with Crippen LogP contribution in [0.1, 0.15) is 40.5 Å². The number of piperazine rings is 1. The standard InChI is InChI=1S/C21H39N7O2/c1-5-22-19(24-10-7-13-28-14-8-11-25-28)23-9-6-12-26-15-17-27(18-16-26)20(29)30-21(2,3)4/h8,11,14H,5-7,9-10,12-13,15-18H2,1-4H3,(H2,22,23,24).